The van der Waals surface area contributed by atoms with Crippen LogP contribution in [0, 0.1) is 17.2 Å². The van der Waals surface area contributed by atoms with E-state index >= 15 is 0 Å². The molecule has 1 aliphatic rings. The van der Waals surface area contributed by atoms with Crippen molar-refractivity contribution in [3.8, 4) is 6.07 Å². The van der Waals surface area contributed by atoms with Crippen LogP contribution in [0.2, 0.25) is 0 Å². The lowest BCUT2D eigenvalue weighted by molar-refractivity contribution is -0.149. The topological polar surface area (TPSA) is 136 Å². The molecule has 0 amide bonds. The molecule has 0 unspecified atom stereocenters. The quantitative estimate of drug-likeness (QED) is 0.603. The number of rotatable bonds is 5. The van der Waals surface area contributed by atoms with Crippen LogP contribution in [0.1, 0.15) is 18.2 Å². The fraction of sp³-hybridized carbons (Fsp3) is 0.333. The highest BCUT2D eigenvalue weighted by atomic mass is 16.6. The first-order valence-electron chi connectivity index (χ1n) is 9.51. The second-order valence-corrected chi connectivity index (χ2v) is 7.29. The van der Waals surface area contributed by atoms with E-state index in [1.165, 1.54) is 10.8 Å². The van der Waals surface area contributed by atoms with Crippen LogP contribution in [0.25, 0.3) is 5.52 Å². The van der Waals surface area contributed by atoms with Gasteiger partial charge < -0.3 is 20.3 Å². The maximum absolute atomic E-state index is 12.2. The summed E-state index contributed by atoms with van der Waals surface area (Å²) in [4.78, 5) is 16.1. The van der Waals surface area contributed by atoms with Crippen molar-refractivity contribution in [2.45, 2.75) is 31.2 Å². The van der Waals surface area contributed by atoms with E-state index in [0.29, 0.717) is 11.2 Å². The van der Waals surface area contributed by atoms with Gasteiger partial charge in [0.15, 0.2) is 5.82 Å². The van der Waals surface area contributed by atoms with E-state index in [-0.39, 0.29) is 18.8 Å². The molecule has 1 fully saturated rings. The van der Waals surface area contributed by atoms with E-state index in [0.717, 1.165) is 5.56 Å². The van der Waals surface area contributed by atoms with Crippen molar-refractivity contribution in [2.24, 2.45) is 5.92 Å². The molecule has 0 bridgehead atoms. The number of aliphatic hydroxyl groups is 1. The summed E-state index contributed by atoms with van der Waals surface area (Å²) in [6, 6.07) is 14.8. The minimum absolute atomic E-state index is 0.113. The number of aromatic nitrogens is 3. The summed E-state index contributed by atoms with van der Waals surface area (Å²) in [6.45, 7) is 1.55. The van der Waals surface area contributed by atoms with Crippen molar-refractivity contribution in [3.63, 3.8) is 0 Å². The number of nitriles is 1. The van der Waals surface area contributed by atoms with Crippen LogP contribution in [-0.2, 0) is 26.3 Å². The number of carbonyl (C=O) groups is 1. The molecule has 1 aromatic carbocycles. The molecule has 3 aromatic rings. The van der Waals surface area contributed by atoms with E-state index in [9.17, 15) is 15.2 Å². The number of hydrogen-bond donors (Lipinski definition) is 2. The van der Waals surface area contributed by atoms with E-state index in [1.54, 1.807) is 19.1 Å². The molecule has 0 saturated carbocycles. The van der Waals surface area contributed by atoms with Gasteiger partial charge in [-0.15, -0.1) is 0 Å². The smallest absolute Gasteiger partial charge is 0.310 e. The van der Waals surface area contributed by atoms with Gasteiger partial charge in [0, 0.05) is 5.92 Å². The number of anilines is 1. The van der Waals surface area contributed by atoms with Gasteiger partial charge in [0.25, 0.3) is 0 Å². The minimum atomic E-state index is -1.48. The van der Waals surface area contributed by atoms with Crippen LogP contribution < -0.4 is 5.73 Å². The Hall–Kier alpha value is -3.48. The summed E-state index contributed by atoms with van der Waals surface area (Å²) in [5.41, 5.74) is 6.19. The first-order valence-corrected chi connectivity index (χ1v) is 9.51. The summed E-state index contributed by atoms with van der Waals surface area (Å²) in [7, 11) is 0. The fourth-order valence-corrected chi connectivity index (χ4v) is 3.81. The number of nitrogens with two attached hydrogens (primary N) is 1. The van der Waals surface area contributed by atoms with Gasteiger partial charge in [0.1, 0.15) is 30.6 Å². The lowest BCUT2D eigenvalue weighted by Crippen LogP contribution is -2.34. The van der Waals surface area contributed by atoms with Gasteiger partial charge in [-0.2, -0.15) is 10.4 Å². The molecular weight excluding hydrogens is 386 g/mol. The number of benzene rings is 1. The van der Waals surface area contributed by atoms with Crippen molar-refractivity contribution in [2.75, 3.05) is 12.3 Å². The molecule has 154 valence electrons. The van der Waals surface area contributed by atoms with Crippen LogP contribution in [0.15, 0.2) is 48.8 Å². The predicted octanol–water partition coefficient (Wildman–Crippen LogP) is 1.21. The van der Waals surface area contributed by atoms with Gasteiger partial charge in [-0.1, -0.05) is 37.3 Å². The maximum atomic E-state index is 12.2. The predicted molar refractivity (Wildman–Crippen MR) is 106 cm³/mol. The lowest BCUT2D eigenvalue weighted by atomic mass is 9.85. The Labute approximate surface area is 172 Å². The largest absolute Gasteiger partial charge is 0.463 e. The van der Waals surface area contributed by atoms with Crippen LogP contribution in [0.5, 0.6) is 0 Å². The Balaban J connectivity index is 1.53. The Morgan fingerprint density at radius 2 is 2.13 bits per heavy atom. The SMILES string of the molecule is C[C@@H]1[C@H](O)[C@@H](COC(=O)Cc2ccccc2)O[C@@]1(C#N)c1ccc2c(N)ncnn12. The van der Waals surface area contributed by atoms with Crippen molar-refractivity contribution in [1.29, 1.82) is 5.26 Å². The van der Waals surface area contributed by atoms with Crippen molar-refractivity contribution in [1.82, 2.24) is 14.6 Å². The third kappa shape index (κ3) is 3.26. The Bertz CT molecular complexity index is 1110. The monoisotopic (exact) mass is 407 g/mol. The molecule has 4 atom stereocenters. The Morgan fingerprint density at radius 3 is 2.87 bits per heavy atom. The average molecular weight is 407 g/mol. The molecule has 9 heteroatoms. The number of nitrogens with zero attached hydrogens (tertiary/aromatic N) is 4. The molecule has 3 N–H and O–H groups in total. The number of nitrogen functional groups attached to an aromatic ring is 1. The molecule has 2 aromatic heterocycles. The van der Waals surface area contributed by atoms with Gasteiger partial charge in [-0.25, -0.2) is 9.50 Å². The molecule has 30 heavy (non-hydrogen) atoms. The van der Waals surface area contributed by atoms with E-state index in [2.05, 4.69) is 16.2 Å². The van der Waals surface area contributed by atoms with Gasteiger partial charge >= 0.3 is 5.97 Å². The van der Waals surface area contributed by atoms with Crippen LogP contribution in [0.3, 0.4) is 0 Å². The highest BCUT2D eigenvalue weighted by Gasteiger charge is 2.55. The molecule has 4 rings (SSSR count). The summed E-state index contributed by atoms with van der Waals surface area (Å²) >= 11 is 0. The highest BCUT2D eigenvalue weighted by Crippen LogP contribution is 2.44. The number of hydrogen-bond acceptors (Lipinski definition) is 8. The second-order valence-electron chi connectivity index (χ2n) is 7.29. The zero-order valence-corrected chi connectivity index (χ0v) is 16.3. The number of carbonyl (C=O) groups excluding carboxylic acids is 1. The van der Waals surface area contributed by atoms with Crippen LogP contribution >= 0.6 is 0 Å². The summed E-state index contributed by atoms with van der Waals surface area (Å²) in [5, 5.41) is 24.9. The molecular formula is C21H21N5O4. The number of esters is 1. The van der Waals surface area contributed by atoms with Gasteiger partial charge in [0.05, 0.1) is 18.2 Å². The van der Waals surface area contributed by atoms with Crippen molar-refractivity contribution >= 4 is 17.3 Å². The standard InChI is InChI=1S/C21H21N5O4/c1-13-19(28)16(10-29-18(27)9-14-5-3-2-4-6-14)30-21(13,11-22)17-8-7-15-20(23)24-12-25-26(15)17/h2-8,12-13,16,19,28H,9-10H2,1H3,(H2,23,24,25)/t13-,16-,19+,21-/m1/s1. The normalized spacial score (nSPS) is 25.8. The second kappa shape index (κ2) is 7.74. The van der Waals surface area contributed by atoms with Crippen LogP contribution in [0.4, 0.5) is 5.82 Å². The van der Waals surface area contributed by atoms with Crippen LogP contribution in [-0.4, -0.2) is 44.5 Å². The summed E-state index contributed by atoms with van der Waals surface area (Å²) < 4.78 is 12.8. The van der Waals surface area contributed by atoms with Crippen molar-refractivity contribution < 1.29 is 19.4 Å². The molecule has 1 aliphatic heterocycles. The highest BCUT2D eigenvalue weighted by molar-refractivity contribution is 5.72. The third-order valence-electron chi connectivity index (χ3n) is 5.50. The minimum Gasteiger partial charge on any atom is -0.463 e. The van der Waals surface area contributed by atoms with Gasteiger partial charge in [0.2, 0.25) is 5.60 Å². The number of aliphatic hydroxyl groups excluding tert-OH is 1. The zero-order chi connectivity index (χ0) is 21.3. The van der Waals surface area contributed by atoms with E-state index in [4.69, 9.17) is 15.2 Å². The summed E-state index contributed by atoms with van der Waals surface area (Å²) in [6.07, 6.45) is -0.471. The number of fused-ring (bicyclic) bond motifs is 1. The lowest BCUT2D eigenvalue weighted by Gasteiger charge is -2.25. The Morgan fingerprint density at radius 1 is 1.37 bits per heavy atom. The number of ether oxygens (including phenoxy) is 2. The van der Waals surface area contributed by atoms with Gasteiger partial charge in [-0.05, 0) is 17.7 Å². The molecule has 1 saturated heterocycles. The molecule has 0 radical (unpaired) electrons. The van der Waals surface area contributed by atoms with Gasteiger partial charge in [-0.3, -0.25) is 4.79 Å². The van der Waals surface area contributed by atoms with E-state index < -0.39 is 29.7 Å². The van der Waals surface area contributed by atoms with E-state index in [1.807, 2.05) is 30.3 Å². The molecule has 3 heterocycles. The molecule has 0 aliphatic carbocycles. The third-order valence-corrected chi connectivity index (χ3v) is 5.50. The first-order chi connectivity index (χ1) is 14.5. The van der Waals surface area contributed by atoms with Crippen molar-refractivity contribution in [3.05, 3.63) is 60.0 Å². The fourth-order valence-electron chi connectivity index (χ4n) is 3.81. The average Bonchev–Trinajstić information content (AvgIpc) is 3.29. The molecule has 9 nitrogen and oxygen atoms in total. The summed E-state index contributed by atoms with van der Waals surface area (Å²) in [5.74, 6) is -0.774. The maximum Gasteiger partial charge on any atom is 0.310 e. The zero-order valence-electron chi connectivity index (χ0n) is 16.3. The molecule has 0 spiro atoms. The first kappa shape index (κ1) is 19.8. The Kier molecular flexibility index (Phi) is 5.11.